The van der Waals surface area contributed by atoms with E-state index in [1.807, 2.05) is 0 Å². The monoisotopic (exact) mass is 267 g/mol. The van der Waals surface area contributed by atoms with Crippen molar-refractivity contribution in [1.29, 1.82) is 0 Å². The predicted octanol–water partition coefficient (Wildman–Crippen LogP) is 2.69. The van der Waals surface area contributed by atoms with Crippen LogP contribution in [0.3, 0.4) is 0 Å². The number of hydrogen-bond donors (Lipinski definition) is 1. The smallest absolute Gasteiger partial charge is 0.206 e. The maximum absolute atomic E-state index is 4.13. The summed E-state index contributed by atoms with van der Waals surface area (Å²) < 4.78 is 0.836. The molecular weight excluding hydrogens is 254 g/mol. The number of hydrogen-bond acceptors (Lipinski definition) is 7. The molecule has 2 aromatic heterocycles. The third kappa shape index (κ3) is 3.94. The van der Waals surface area contributed by atoms with Gasteiger partial charge in [-0.2, -0.15) is 0 Å². The highest BCUT2D eigenvalue weighted by atomic mass is 32.2. The van der Waals surface area contributed by atoms with Crippen molar-refractivity contribution < 1.29 is 0 Å². The molecule has 0 aliphatic heterocycles. The van der Waals surface area contributed by atoms with E-state index in [0.717, 1.165) is 9.47 Å². The van der Waals surface area contributed by atoms with Crippen molar-refractivity contribution in [2.75, 3.05) is 5.32 Å². The second-order valence-corrected chi connectivity index (χ2v) is 6.57. The van der Waals surface area contributed by atoms with Gasteiger partial charge in [0.25, 0.3) is 0 Å². The fourth-order valence-electron chi connectivity index (χ4n) is 1.04. The molecule has 2 rings (SSSR count). The molecule has 17 heavy (non-hydrogen) atoms. The summed E-state index contributed by atoms with van der Waals surface area (Å²) in [5.74, 6) is 0. The molecule has 0 aromatic carbocycles. The molecule has 2 heterocycles. The van der Waals surface area contributed by atoms with E-state index < -0.39 is 0 Å². The van der Waals surface area contributed by atoms with Gasteiger partial charge in [0.15, 0.2) is 9.50 Å². The van der Waals surface area contributed by atoms with Crippen LogP contribution in [-0.4, -0.2) is 25.7 Å². The summed E-state index contributed by atoms with van der Waals surface area (Å²) in [6.45, 7) is 6.25. The molecule has 0 amide bonds. The first kappa shape index (κ1) is 12.3. The Bertz CT molecular complexity index is 477. The molecule has 0 unspecified atom stereocenters. The minimum atomic E-state index is -0.00921. The minimum absolute atomic E-state index is 0.00921. The summed E-state index contributed by atoms with van der Waals surface area (Å²) >= 11 is 2.92. The van der Waals surface area contributed by atoms with Gasteiger partial charge in [0.2, 0.25) is 5.13 Å². The van der Waals surface area contributed by atoms with Crippen LogP contribution in [-0.2, 0) is 0 Å². The fraction of sp³-hybridized carbons (Fsp3) is 0.400. The molecular formula is C10H13N5S2. The highest BCUT2D eigenvalue weighted by molar-refractivity contribution is 8.00. The molecule has 1 N–H and O–H groups in total. The van der Waals surface area contributed by atoms with Crippen LogP contribution < -0.4 is 5.32 Å². The summed E-state index contributed by atoms with van der Waals surface area (Å²) in [5.41, 5.74) is -0.00921. The zero-order valence-electron chi connectivity index (χ0n) is 9.84. The van der Waals surface area contributed by atoms with Gasteiger partial charge in [-0.3, -0.25) is 0 Å². The van der Waals surface area contributed by atoms with Crippen LogP contribution in [0.1, 0.15) is 20.8 Å². The fourth-order valence-corrected chi connectivity index (χ4v) is 2.82. The highest BCUT2D eigenvalue weighted by Crippen LogP contribution is 2.30. The van der Waals surface area contributed by atoms with Crippen LogP contribution in [0, 0.1) is 0 Å². The zero-order valence-corrected chi connectivity index (χ0v) is 11.5. The molecule has 0 radical (unpaired) electrons. The third-order valence-electron chi connectivity index (χ3n) is 1.61. The van der Waals surface area contributed by atoms with Gasteiger partial charge in [-0.25, -0.2) is 9.97 Å². The molecule has 5 nitrogen and oxygen atoms in total. The summed E-state index contributed by atoms with van der Waals surface area (Å²) in [5, 5.41) is 12.9. The van der Waals surface area contributed by atoms with Crippen LogP contribution in [0.4, 0.5) is 5.13 Å². The molecule has 0 saturated heterocycles. The van der Waals surface area contributed by atoms with E-state index in [4.69, 9.17) is 0 Å². The van der Waals surface area contributed by atoms with Gasteiger partial charge < -0.3 is 5.32 Å². The molecule has 7 heteroatoms. The van der Waals surface area contributed by atoms with E-state index in [9.17, 15) is 0 Å². The van der Waals surface area contributed by atoms with Gasteiger partial charge in [0.05, 0.1) is 0 Å². The summed E-state index contributed by atoms with van der Waals surface area (Å²) in [4.78, 5) is 8.26. The molecule has 90 valence electrons. The van der Waals surface area contributed by atoms with Gasteiger partial charge in [-0.05, 0) is 38.6 Å². The van der Waals surface area contributed by atoms with Crippen LogP contribution in [0.5, 0.6) is 0 Å². The first-order valence-corrected chi connectivity index (χ1v) is 6.73. The number of rotatable bonds is 3. The standard InChI is InChI=1S/C10H13N5S2/c1-10(2,3)13-8-14-15-9(17-8)16-7-11-5-4-6-12-7/h4-6H,1-3H3,(H,13,14). The Hall–Kier alpha value is -1.21. The molecule has 0 spiro atoms. The first-order chi connectivity index (χ1) is 8.03. The molecule has 0 atom stereocenters. The number of nitrogens with one attached hydrogen (secondary N) is 1. The van der Waals surface area contributed by atoms with Crippen LogP contribution in [0.15, 0.2) is 28.0 Å². The first-order valence-electron chi connectivity index (χ1n) is 5.09. The number of nitrogens with zero attached hydrogens (tertiary/aromatic N) is 4. The molecule has 0 saturated carbocycles. The van der Waals surface area contributed by atoms with Gasteiger partial charge >= 0.3 is 0 Å². The van der Waals surface area contributed by atoms with E-state index in [-0.39, 0.29) is 5.54 Å². The normalized spacial score (nSPS) is 11.5. The van der Waals surface area contributed by atoms with E-state index in [0.29, 0.717) is 5.16 Å². The summed E-state index contributed by atoms with van der Waals surface area (Å²) in [6.07, 6.45) is 3.43. The lowest BCUT2D eigenvalue weighted by atomic mass is 10.1. The SMILES string of the molecule is CC(C)(C)Nc1nnc(Sc2ncccn2)s1. The van der Waals surface area contributed by atoms with Crippen molar-refractivity contribution in [1.82, 2.24) is 20.2 Å². The van der Waals surface area contributed by atoms with Crippen molar-refractivity contribution >= 4 is 28.2 Å². The Morgan fingerprint density at radius 1 is 1.18 bits per heavy atom. The van der Waals surface area contributed by atoms with Gasteiger partial charge in [-0.15, -0.1) is 10.2 Å². The molecule has 0 fully saturated rings. The minimum Gasteiger partial charge on any atom is -0.355 e. The summed E-state index contributed by atoms with van der Waals surface area (Å²) in [6, 6.07) is 1.79. The lowest BCUT2D eigenvalue weighted by Crippen LogP contribution is -2.25. The van der Waals surface area contributed by atoms with Crippen molar-refractivity contribution in [2.24, 2.45) is 0 Å². The number of aromatic nitrogens is 4. The zero-order chi connectivity index (χ0) is 12.3. The number of anilines is 1. The molecule has 0 aliphatic rings. The largest absolute Gasteiger partial charge is 0.355 e. The van der Waals surface area contributed by atoms with Gasteiger partial charge in [-0.1, -0.05) is 11.3 Å². The van der Waals surface area contributed by atoms with Gasteiger partial charge in [0.1, 0.15) is 0 Å². The average molecular weight is 267 g/mol. The summed E-state index contributed by atoms with van der Waals surface area (Å²) in [7, 11) is 0. The average Bonchev–Trinajstić information content (AvgIpc) is 2.64. The van der Waals surface area contributed by atoms with Gasteiger partial charge in [0, 0.05) is 17.9 Å². The van der Waals surface area contributed by atoms with Crippen LogP contribution >= 0.6 is 23.1 Å². The van der Waals surface area contributed by atoms with E-state index in [1.54, 1.807) is 18.5 Å². The van der Waals surface area contributed by atoms with Crippen molar-refractivity contribution in [3.63, 3.8) is 0 Å². The lowest BCUT2D eigenvalue weighted by Gasteiger charge is -2.18. The third-order valence-corrected chi connectivity index (χ3v) is 3.39. The Morgan fingerprint density at radius 2 is 1.88 bits per heavy atom. The molecule has 0 bridgehead atoms. The van der Waals surface area contributed by atoms with Crippen molar-refractivity contribution in [3.05, 3.63) is 18.5 Å². The van der Waals surface area contributed by atoms with E-state index in [2.05, 4.69) is 46.3 Å². The Kier molecular flexibility index (Phi) is 3.58. The Morgan fingerprint density at radius 3 is 2.53 bits per heavy atom. The quantitative estimate of drug-likeness (QED) is 0.863. The van der Waals surface area contributed by atoms with E-state index in [1.165, 1.54) is 23.1 Å². The molecule has 2 aromatic rings. The predicted molar refractivity (Wildman–Crippen MR) is 69.4 cm³/mol. The van der Waals surface area contributed by atoms with Crippen LogP contribution in [0.25, 0.3) is 0 Å². The second-order valence-electron chi connectivity index (χ2n) is 4.38. The lowest BCUT2D eigenvalue weighted by molar-refractivity contribution is 0.631. The topological polar surface area (TPSA) is 63.6 Å². The Labute approximate surface area is 108 Å². The van der Waals surface area contributed by atoms with Crippen molar-refractivity contribution in [2.45, 2.75) is 35.8 Å². The molecule has 0 aliphatic carbocycles. The van der Waals surface area contributed by atoms with Crippen LogP contribution in [0.2, 0.25) is 0 Å². The van der Waals surface area contributed by atoms with E-state index >= 15 is 0 Å². The Balaban J connectivity index is 2.04. The van der Waals surface area contributed by atoms with Crippen molar-refractivity contribution in [3.8, 4) is 0 Å². The highest BCUT2D eigenvalue weighted by Gasteiger charge is 2.13. The maximum atomic E-state index is 4.13. The second kappa shape index (κ2) is 4.97. The maximum Gasteiger partial charge on any atom is 0.206 e.